The second-order valence-corrected chi connectivity index (χ2v) is 4.58. The van der Waals surface area contributed by atoms with Gasteiger partial charge in [-0.3, -0.25) is 0 Å². The van der Waals surface area contributed by atoms with Crippen LogP contribution in [0.3, 0.4) is 0 Å². The molecule has 5 nitrogen and oxygen atoms in total. The molecular weight excluding hydrogens is 190 g/mol. The molecular formula is C10H19N5. The van der Waals surface area contributed by atoms with E-state index in [4.69, 9.17) is 0 Å². The highest BCUT2D eigenvalue weighted by molar-refractivity contribution is 4.99. The third-order valence-corrected chi connectivity index (χ3v) is 3.33. The SMILES string of the molecule is CCNC(C)c1nnnn1C1(C)CCC1. The Bertz CT molecular complexity index is 328. The van der Waals surface area contributed by atoms with Crippen molar-refractivity contribution in [2.75, 3.05) is 6.54 Å². The van der Waals surface area contributed by atoms with Gasteiger partial charge in [-0.2, -0.15) is 0 Å². The van der Waals surface area contributed by atoms with E-state index < -0.39 is 0 Å². The molecule has 1 unspecified atom stereocenters. The summed E-state index contributed by atoms with van der Waals surface area (Å²) in [5.74, 6) is 0.957. The van der Waals surface area contributed by atoms with Gasteiger partial charge in [-0.1, -0.05) is 6.92 Å². The molecule has 1 heterocycles. The van der Waals surface area contributed by atoms with Crippen LogP contribution >= 0.6 is 0 Å². The molecule has 0 saturated heterocycles. The van der Waals surface area contributed by atoms with Gasteiger partial charge in [-0.15, -0.1) is 5.10 Å². The van der Waals surface area contributed by atoms with Gasteiger partial charge in [0.25, 0.3) is 0 Å². The molecule has 0 aromatic carbocycles. The summed E-state index contributed by atoms with van der Waals surface area (Å²) in [5.41, 5.74) is 0.155. The van der Waals surface area contributed by atoms with Gasteiger partial charge in [-0.05, 0) is 50.1 Å². The Morgan fingerprint density at radius 1 is 1.53 bits per heavy atom. The highest BCUT2D eigenvalue weighted by Crippen LogP contribution is 2.38. The fraction of sp³-hybridized carbons (Fsp3) is 0.900. The van der Waals surface area contributed by atoms with Crippen molar-refractivity contribution in [3.63, 3.8) is 0 Å². The quantitative estimate of drug-likeness (QED) is 0.810. The molecule has 0 aliphatic heterocycles. The van der Waals surface area contributed by atoms with Crippen LogP contribution in [0.1, 0.15) is 51.9 Å². The predicted molar refractivity (Wildman–Crippen MR) is 57.4 cm³/mol. The van der Waals surface area contributed by atoms with Crippen molar-refractivity contribution in [3.05, 3.63) is 5.82 Å². The van der Waals surface area contributed by atoms with Crippen LogP contribution in [0.15, 0.2) is 0 Å². The summed E-state index contributed by atoms with van der Waals surface area (Å²) in [6, 6.07) is 0.224. The maximum absolute atomic E-state index is 4.13. The molecule has 1 aromatic heterocycles. The van der Waals surface area contributed by atoms with E-state index >= 15 is 0 Å². The Balaban J connectivity index is 2.21. The fourth-order valence-corrected chi connectivity index (χ4v) is 2.15. The lowest BCUT2D eigenvalue weighted by Crippen LogP contribution is -2.40. The standard InChI is InChI=1S/C10H19N5/c1-4-11-8(2)9-12-13-14-15(9)10(3)6-5-7-10/h8,11H,4-7H2,1-3H3. The molecule has 0 spiro atoms. The highest BCUT2D eigenvalue weighted by atomic mass is 15.6. The first kappa shape index (κ1) is 10.5. The lowest BCUT2D eigenvalue weighted by molar-refractivity contribution is 0.138. The lowest BCUT2D eigenvalue weighted by atomic mass is 9.78. The lowest BCUT2D eigenvalue weighted by Gasteiger charge is -2.39. The zero-order valence-corrected chi connectivity index (χ0v) is 9.69. The Morgan fingerprint density at radius 2 is 2.27 bits per heavy atom. The molecule has 1 atom stereocenters. The van der Waals surface area contributed by atoms with Crippen molar-refractivity contribution in [2.45, 2.75) is 51.6 Å². The highest BCUT2D eigenvalue weighted by Gasteiger charge is 2.37. The summed E-state index contributed by atoms with van der Waals surface area (Å²) in [6.07, 6.45) is 3.65. The molecule has 1 aromatic rings. The zero-order chi connectivity index (χ0) is 10.9. The molecule has 0 radical (unpaired) electrons. The van der Waals surface area contributed by atoms with E-state index in [0.717, 1.165) is 12.4 Å². The third kappa shape index (κ3) is 1.76. The molecule has 5 heteroatoms. The molecule has 84 valence electrons. The van der Waals surface area contributed by atoms with Gasteiger partial charge in [0.05, 0.1) is 11.6 Å². The van der Waals surface area contributed by atoms with Gasteiger partial charge < -0.3 is 5.32 Å². The number of nitrogens with zero attached hydrogens (tertiary/aromatic N) is 4. The second-order valence-electron chi connectivity index (χ2n) is 4.58. The number of rotatable bonds is 4. The molecule has 0 amide bonds. The molecule has 2 rings (SSSR count). The number of nitrogens with one attached hydrogen (secondary N) is 1. The Labute approximate surface area is 90.2 Å². The summed E-state index contributed by atoms with van der Waals surface area (Å²) in [4.78, 5) is 0. The van der Waals surface area contributed by atoms with Crippen LogP contribution in [0.5, 0.6) is 0 Å². The zero-order valence-electron chi connectivity index (χ0n) is 9.69. The third-order valence-electron chi connectivity index (χ3n) is 3.33. The summed E-state index contributed by atoms with van der Waals surface area (Å²) >= 11 is 0. The van der Waals surface area contributed by atoms with E-state index in [9.17, 15) is 0 Å². The fourth-order valence-electron chi connectivity index (χ4n) is 2.15. The van der Waals surface area contributed by atoms with Crippen LogP contribution in [0.25, 0.3) is 0 Å². The van der Waals surface area contributed by atoms with Gasteiger partial charge in [0.2, 0.25) is 0 Å². The first-order valence-corrected chi connectivity index (χ1v) is 5.69. The van der Waals surface area contributed by atoms with Crippen molar-refractivity contribution >= 4 is 0 Å². The average molecular weight is 209 g/mol. The summed E-state index contributed by atoms with van der Waals surface area (Å²) < 4.78 is 2.00. The number of aromatic nitrogens is 4. The molecule has 1 aliphatic rings. The van der Waals surface area contributed by atoms with E-state index in [2.05, 4.69) is 41.6 Å². The molecule has 15 heavy (non-hydrogen) atoms. The topological polar surface area (TPSA) is 55.6 Å². The van der Waals surface area contributed by atoms with Crippen LogP contribution < -0.4 is 5.32 Å². The van der Waals surface area contributed by atoms with E-state index in [1.165, 1.54) is 19.3 Å². The smallest absolute Gasteiger partial charge is 0.168 e. The van der Waals surface area contributed by atoms with E-state index in [1.54, 1.807) is 0 Å². The van der Waals surface area contributed by atoms with Gasteiger partial charge in [0, 0.05) is 0 Å². The average Bonchev–Trinajstić information content (AvgIpc) is 2.63. The van der Waals surface area contributed by atoms with Gasteiger partial charge in [-0.25, -0.2) is 4.68 Å². The summed E-state index contributed by atoms with van der Waals surface area (Å²) in [6.45, 7) is 7.36. The van der Waals surface area contributed by atoms with Crippen LogP contribution in [0.4, 0.5) is 0 Å². The Hall–Kier alpha value is -0.970. The molecule has 1 aliphatic carbocycles. The van der Waals surface area contributed by atoms with Crippen LogP contribution in [0.2, 0.25) is 0 Å². The summed E-state index contributed by atoms with van der Waals surface area (Å²) in [7, 11) is 0. The van der Waals surface area contributed by atoms with E-state index in [-0.39, 0.29) is 11.6 Å². The van der Waals surface area contributed by atoms with Crippen LogP contribution in [-0.4, -0.2) is 26.8 Å². The van der Waals surface area contributed by atoms with Gasteiger partial charge in [0.1, 0.15) is 0 Å². The van der Waals surface area contributed by atoms with E-state index in [0.29, 0.717) is 0 Å². The van der Waals surface area contributed by atoms with Crippen LogP contribution in [0, 0.1) is 0 Å². The number of hydrogen-bond acceptors (Lipinski definition) is 4. The van der Waals surface area contributed by atoms with E-state index in [1.807, 2.05) is 4.68 Å². The second kappa shape index (κ2) is 3.89. The molecule has 1 fully saturated rings. The minimum Gasteiger partial charge on any atom is -0.308 e. The van der Waals surface area contributed by atoms with Crippen molar-refractivity contribution in [1.82, 2.24) is 25.5 Å². The van der Waals surface area contributed by atoms with Gasteiger partial charge in [0.15, 0.2) is 5.82 Å². The van der Waals surface area contributed by atoms with Crippen molar-refractivity contribution < 1.29 is 0 Å². The first-order chi connectivity index (χ1) is 7.17. The Kier molecular flexibility index (Phi) is 2.73. The van der Waals surface area contributed by atoms with Crippen LogP contribution in [-0.2, 0) is 5.54 Å². The van der Waals surface area contributed by atoms with Crippen molar-refractivity contribution in [1.29, 1.82) is 0 Å². The minimum atomic E-state index is 0.155. The maximum atomic E-state index is 4.13. The first-order valence-electron chi connectivity index (χ1n) is 5.69. The Morgan fingerprint density at radius 3 is 2.80 bits per heavy atom. The van der Waals surface area contributed by atoms with Crippen molar-refractivity contribution in [3.8, 4) is 0 Å². The predicted octanol–water partition coefficient (Wildman–Crippen LogP) is 1.24. The molecule has 1 saturated carbocycles. The molecule has 1 N–H and O–H groups in total. The number of tetrazole rings is 1. The van der Waals surface area contributed by atoms with Gasteiger partial charge >= 0.3 is 0 Å². The van der Waals surface area contributed by atoms with Crippen molar-refractivity contribution in [2.24, 2.45) is 0 Å². The maximum Gasteiger partial charge on any atom is 0.168 e. The monoisotopic (exact) mass is 209 g/mol. The minimum absolute atomic E-state index is 0.155. The molecule has 0 bridgehead atoms. The normalized spacial score (nSPS) is 21.0. The number of hydrogen-bond donors (Lipinski definition) is 1. The summed E-state index contributed by atoms with van der Waals surface area (Å²) in [5, 5.41) is 15.4. The largest absolute Gasteiger partial charge is 0.308 e.